The van der Waals surface area contributed by atoms with Crippen LogP contribution >= 0.6 is 11.3 Å². The van der Waals surface area contributed by atoms with Crippen molar-refractivity contribution in [3.05, 3.63) is 22.4 Å². The molecule has 1 unspecified atom stereocenters. The Morgan fingerprint density at radius 3 is 2.37 bits per heavy atom. The van der Waals surface area contributed by atoms with Crippen molar-refractivity contribution in [3.8, 4) is 0 Å². The van der Waals surface area contributed by atoms with E-state index in [4.69, 9.17) is 0 Å². The normalized spacial score (nSPS) is 24.4. The number of hydrogen-bond donors (Lipinski definition) is 0. The molecule has 27 heavy (non-hydrogen) atoms. The molecule has 4 rings (SSSR count). The molecule has 1 aromatic rings. The van der Waals surface area contributed by atoms with Gasteiger partial charge in [0.05, 0.1) is 5.92 Å². The van der Waals surface area contributed by atoms with Gasteiger partial charge in [0.2, 0.25) is 5.91 Å². The zero-order chi connectivity index (χ0) is 18.6. The van der Waals surface area contributed by atoms with Crippen molar-refractivity contribution in [2.24, 2.45) is 5.92 Å². The van der Waals surface area contributed by atoms with Gasteiger partial charge in [0.25, 0.3) is 0 Å². The molecule has 148 valence electrons. The van der Waals surface area contributed by atoms with Crippen LogP contribution < -0.4 is 0 Å². The molecule has 0 aliphatic carbocycles. The predicted octanol–water partition coefficient (Wildman–Crippen LogP) is 2.32. The number of nitrogens with zero attached hydrogens (tertiary/aromatic N) is 4. The van der Waals surface area contributed by atoms with Crippen molar-refractivity contribution in [2.75, 3.05) is 52.4 Å². The Bertz CT molecular complexity index is 636. The fourth-order valence-corrected chi connectivity index (χ4v) is 5.21. The van der Waals surface area contributed by atoms with Crippen LogP contribution in [0.25, 0.3) is 0 Å². The van der Waals surface area contributed by atoms with Crippen LogP contribution in [0.3, 0.4) is 0 Å². The maximum Gasteiger partial charge on any atom is 0.320 e. The molecule has 3 saturated heterocycles. The predicted molar refractivity (Wildman–Crippen MR) is 107 cm³/mol. The van der Waals surface area contributed by atoms with Crippen LogP contribution in [-0.4, -0.2) is 83.9 Å². The molecule has 0 aromatic carbocycles. The third kappa shape index (κ3) is 4.46. The van der Waals surface area contributed by atoms with E-state index in [1.165, 1.54) is 4.88 Å². The van der Waals surface area contributed by atoms with E-state index in [-0.39, 0.29) is 17.9 Å². The maximum absolute atomic E-state index is 13.0. The quantitative estimate of drug-likeness (QED) is 0.796. The number of likely N-dealkylation sites (tertiary alicyclic amines) is 2. The number of carbonyl (C=O) groups excluding carboxylic acids is 2. The van der Waals surface area contributed by atoms with E-state index in [0.29, 0.717) is 6.54 Å². The molecule has 3 amide bonds. The zero-order valence-corrected chi connectivity index (χ0v) is 16.8. The highest BCUT2D eigenvalue weighted by Gasteiger charge is 2.34. The Hall–Kier alpha value is -1.60. The lowest BCUT2D eigenvalue weighted by atomic mass is 9.96. The number of piperidine rings is 1. The zero-order valence-electron chi connectivity index (χ0n) is 16.0. The van der Waals surface area contributed by atoms with Gasteiger partial charge in [-0.2, -0.15) is 0 Å². The van der Waals surface area contributed by atoms with Crippen LogP contribution in [0.1, 0.15) is 30.6 Å². The largest absolute Gasteiger partial charge is 0.340 e. The lowest BCUT2D eigenvalue weighted by Crippen LogP contribution is -2.53. The molecule has 3 aliphatic rings. The number of rotatable bonds is 3. The van der Waals surface area contributed by atoms with Crippen molar-refractivity contribution in [2.45, 2.75) is 32.2 Å². The number of urea groups is 1. The van der Waals surface area contributed by atoms with Gasteiger partial charge in [0.1, 0.15) is 0 Å². The summed E-state index contributed by atoms with van der Waals surface area (Å²) in [6.45, 7) is 7.62. The minimum atomic E-state index is -0.0193. The van der Waals surface area contributed by atoms with Crippen LogP contribution in [0.2, 0.25) is 0 Å². The summed E-state index contributed by atoms with van der Waals surface area (Å²) in [6.07, 6.45) is 4.07. The molecular formula is C20H30N4O2S. The summed E-state index contributed by atoms with van der Waals surface area (Å²) in [4.78, 5) is 35.4. The third-order valence-electron chi connectivity index (χ3n) is 6.06. The van der Waals surface area contributed by atoms with Crippen molar-refractivity contribution in [3.63, 3.8) is 0 Å². The molecule has 7 heteroatoms. The summed E-state index contributed by atoms with van der Waals surface area (Å²) in [5.74, 6) is 0.235. The summed E-state index contributed by atoms with van der Waals surface area (Å²) in [7, 11) is 0. The molecule has 0 spiro atoms. The Kier molecular flexibility index (Phi) is 5.98. The molecule has 6 nitrogen and oxygen atoms in total. The second-order valence-electron chi connectivity index (χ2n) is 7.94. The minimum Gasteiger partial charge on any atom is -0.340 e. The van der Waals surface area contributed by atoms with Gasteiger partial charge in [-0.25, -0.2) is 4.79 Å². The van der Waals surface area contributed by atoms with E-state index in [0.717, 1.165) is 78.0 Å². The van der Waals surface area contributed by atoms with Crippen molar-refractivity contribution in [1.82, 2.24) is 19.6 Å². The van der Waals surface area contributed by atoms with E-state index in [9.17, 15) is 9.59 Å². The molecule has 0 saturated carbocycles. The minimum absolute atomic E-state index is 0.0193. The molecule has 0 radical (unpaired) electrons. The van der Waals surface area contributed by atoms with Gasteiger partial charge in [-0.15, -0.1) is 11.3 Å². The Labute approximate surface area is 165 Å². The molecule has 0 bridgehead atoms. The fraction of sp³-hybridized carbons (Fsp3) is 0.700. The monoisotopic (exact) mass is 390 g/mol. The van der Waals surface area contributed by atoms with Crippen molar-refractivity contribution >= 4 is 23.3 Å². The lowest BCUT2D eigenvalue weighted by molar-refractivity contribution is -0.138. The SMILES string of the molecule is O=C(C1CCCN(C(=O)N2CCCC2)C1)N1CCN(Cc2cccs2)CC1. The molecule has 1 aromatic heterocycles. The number of amides is 3. The van der Waals surface area contributed by atoms with Gasteiger partial charge in [-0.1, -0.05) is 6.07 Å². The van der Waals surface area contributed by atoms with E-state index in [2.05, 4.69) is 22.4 Å². The first-order valence-corrected chi connectivity index (χ1v) is 11.2. The van der Waals surface area contributed by atoms with Gasteiger partial charge >= 0.3 is 6.03 Å². The van der Waals surface area contributed by atoms with Crippen molar-refractivity contribution in [1.29, 1.82) is 0 Å². The summed E-state index contributed by atoms with van der Waals surface area (Å²) in [6, 6.07) is 4.42. The summed E-state index contributed by atoms with van der Waals surface area (Å²) in [5, 5.41) is 2.12. The molecule has 1 atom stereocenters. The second-order valence-corrected chi connectivity index (χ2v) is 8.97. The van der Waals surface area contributed by atoms with Crippen LogP contribution in [0.5, 0.6) is 0 Å². The Morgan fingerprint density at radius 1 is 0.926 bits per heavy atom. The van der Waals surface area contributed by atoms with Gasteiger partial charge in [0, 0.05) is 63.8 Å². The average Bonchev–Trinajstić information content (AvgIpc) is 3.42. The van der Waals surface area contributed by atoms with E-state index in [1.54, 1.807) is 11.3 Å². The smallest absolute Gasteiger partial charge is 0.320 e. The first-order chi connectivity index (χ1) is 13.2. The van der Waals surface area contributed by atoms with Gasteiger partial charge in [-0.3, -0.25) is 9.69 Å². The van der Waals surface area contributed by atoms with Crippen LogP contribution in [0.4, 0.5) is 4.79 Å². The third-order valence-corrected chi connectivity index (χ3v) is 6.92. The Balaban J connectivity index is 1.27. The topological polar surface area (TPSA) is 47.1 Å². The lowest BCUT2D eigenvalue weighted by Gasteiger charge is -2.39. The number of piperazine rings is 1. The summed E-state index contributed by atoms with van der Waals surface area (Å²) in [5.41, 5.74) is 0. The van der Waals surface area contributed by atoms with Gasteiger partial charge in [-0.05, 0) is 37.1 Å². The molecule has 3 aliphatic heterocycles. The van der Waals surface area contributed by atoms with Crippen LogP contribution in [0.15, 0.2) is 17.5 Å². The standard InChI is InChI=1S/C20H30N4O2S/c25-19(22-12-10-21(11-13-22)16-18-6-4-14-27-18)17-5-3-9-24(15-17)20(26)23-7-1-2-8-23/h4,6,14,17H,1-3,5,7-13,15-16H2. The van der Waals surface area contributed by atoms with E-state index < -0.39 is 0 Å². The highest BCUT2D eigenvalue weighted by molar-refractivity contribution is 7.09. The summed E-state index contributed by atoms with van der Waals surface area (Å²) < 4.78 is 0. The van der Waals surface area contributed by atoms with Gasteiger partial charge < -0.3 is 14.7 Å². The van der Waals surface area contributed by atoms with E-state index >= 15 is 0 Å². The number of carbonyl (C=O) groups is 2. The molecule has 0 N–H and O–H groups in total. The fourth-order valence-electron chi connectivity index (χ4n) is 4.47. The average molecular weight is 391 g/mol. The summed E-state index contributed by atoms with van der Waals surface area (Å²) >= 11 is 1.80. The number of hydrogen-bond acceptors (Lipinski definition) is 4. The molecular weight excluding hydrogens is 360 g/mol. The first-order valence-electron chi connectivity index (χ1n) is 10.3. The molecule has 3 fully saturated rings. The second kappa shape index (κ2) is 8.61. The highest BCUT2D eigenvalue weighted by Crippen LogP contribution is 2.22. The van der Waals surface area contributed by atoms with Crippen molar-refractivity contribution < 1.29 is 9.59 Å². The Morgan fingerprint density at radius 2 is 1.67 bits per heavy atom. The highest BCUT2D eigenvalue weighted by atomic mass is 32.1. The first kappa shape index (κ1) is 18.7. The van der Waals surface area contributed by atoms with Crippen LogP contribution in [0, 0.1) is 5.92 Å². The number of thiophene rings is 1. The van der Waals surface area contributed by atoms with Gasteiger partial charge in [0.15, 0.2) is 0 Å². The maximum atomic E-state index is 13.0. The van der Waals surface area contributed by atoms with Crippen LogP contribution in [-0.2, 0) is 11.3 Å². The van der Waals surface area contributed by atoms with E-state index in [1.807, 2.05) is 14.7 Å². The molecule has 4 heterocycles.